The van der Waals surface area contributed by atoms with Gasteiger partial charge in [0.1, 0.15) is 0 Å². The Morgan fingerprint density at radius 1 is 0.737 bits per heavy atom. The van der Waals surface area contributed by atoms with Crippen molar-refractivity contribution in [3.8, 4) is 0 Å². The third kappa shape index (κ3) is 3.95. The van der Waals surface area contributed by atoms with E-state index in [1.807, 2.05) is 0 Å². The number of hydrogen-bond donors (Lipinski definition) is 0. The monoisotopic (exact) mass is 266 g/mol. The zero-order chi connectivity index (χ0) is 14.3. The van der Waals surface area contributed by atoms with Gasteiger partial charge in [0, 0.05) is 24.2 Å². The molecule has 0 spiro atoms. The Labute approximate surface area is 120 Å². The molecule has 2 nitrogen and oxygen atoms in total. The molecule has 0 bridgehead atoms. The van der Waals surface area contributed by atoms with Gasteiger partial charge in [-0.2, -0.15) is 0 Å². The van der Waals surface area contributed by atoms with E-state index in [0.717, 1.165) is 11.8 Å². The Kier molecular flexibility index (Phi) is 4.32. The van der Waals surface area contributed by atoms with Gasteiger partial charge in [-0.15, -0.1) is 0 Å². The van der Waals surface area contributed by atoms with Crippen molar-refractivity contribution >= 4 is 0 Å². The van der Waals surface area contributed by atoms with Crippen LogP contribution in [0.4, 0.5) is 0 Å². The topological polar surface area (TPSA) is 6.48 Å². The molecular weight excluding hydrogens is 232 g/mol. The summed E-state index contributed by atoms with van der Waals surface area (Å²) in [5, 5.41) is 0. The molecule has 2 heteroatoms. The van der Waals surface area contributed by atoms with E-state index in [1.165, 1.54) is 45.4 Å². The van der Waals surface area contributed by atoms with Crippen molar-refractivity contribution in [2.45, 2.75) is 71.9 Å². The number of likely N-dealkylation sites (tertiary alicyclic amines) is 2. The van der Waals surface area contributed by atoms with Gasteiger partial charge in [0.05, 0.1) is 0 Å². The van der Waals surface area contributed by atoms with Crippen LogP contribution in [0.15, 0.2) is 0 Å². The minimum atomic E-state index is 0.366. The standard InChI is InChI=1S/C17H34N2/c1-16(2,3)18-9-7-14(8-10-18)11-15-12-19(13-15)17(4,5)6/h14-15H,7-13H2,1-6H3. The Balaban J connectivity index is 1.68. The Morgan fingerprint density at radius 2 is 1.21 bits per heavy atom. The second-order valence-electron chi connectivity index (χ2n) is 8.78. The SMILES string of the molecule is CC(C)(C)N1CCC(CC2CN(C(C)(C)C)C2)CC1. The van der Waals surface area contributed by atoms with Crippen LogP contribution in [0, 0.1) is 11.8 Å². The summed E-state index contributed by atoms with van der Waals surface area (Å²) < 4.78 is 0. The zero-order valence-corrected chi connectivity index (χ0v) is 14.0. The minimum absolute atomic E-state index is 0.366. The molecule has 0 radical (unpaired) electrons. The molecule has 2 aliphatic heterocycles. The van der Waals surface area contributed by atoms with Gasteiger partial charge in [0.15, 0.2) is 0 Å². The van der Waals surface area contributed by atoms with Crippen LogP contribution in [0.1, 0.15) is 60.8 Å². The average Bonchev–Trinajstić information content (AvgIpc) is 2.20. The molecule has 0 saturated carbocycles. The van der Waals surface area contributed by atoms with Crippen molar-refractivity contribution in [2.75, 3.05) is 26.2 Å². The van der Waals surface area contributed by atoms with Gasteiger partial charge in [-0.05, 0) is 85.7 Å². The molecule has 19 heavy (non-hydrogen) atoms. The van der Waals surface area contributed by atoms with E-state index in [9.17, 15) is 0 Å². The van der Waals surface area contributed by atoms with Gasteiger partial charge in [0.2, 0.25) is 0 Å². The number of rotatable bonds is 2. The number of hydrogen-bond acceptors (Lipinski definition) is 2. The highest BCUT2D eigenvalue weighted by Gasteiger charge is 2.36. The lowest BCUT2D eigenvalue weighted by Gasteiger charge is -2.49. The van der Waals surface area contributed by atoms with E-state index in [-0.39, 0.29) is 0 Å². The van der Waals surface area contributed by atoms with Crippen molar-refractivity contribution in [1.82, 2.24) is 9.80 Å². The van der Waals surface area contributed by atoms with Gasteiger partial charge in [-0.1, -0.05) is 0 Å². The molecule has 0 aromatic carbocycles. The van der Waals surface area contributed by atoms with Crippen LogP contribution in [-0.2, 0) is 0 Å². The predicted octanol–water partition coefficient (Wildman–Crippen LogP) is 3.62. The molecule has 0 aromatic rings. The van der Waals surface area contributed by atoms with Gasteiger partial charge < -0.3 is 0 Å². The Bertz CT molecular complexity index is 283. The normalized spacial score (nSPS) is 25.6. The molecule has 0 aromatic heterocycles. The fourth-order valence-electron chi connectivity index (χ4n) is 3.58. The summed E-state index contributed by atoms with van der Waals surface area (Å²) in [6, 6.07) is 0. The van der Waals surface area contributed by atoms with E-state index in [4.69, 9.17) is 0 Å². The van der Waals surface area contributed by atoms with Crippen molar-refractivity contribution in [1.29, 1.82) is 0 Å². The first kappa shape index (κ1) is 15.3. The molecule has 112 valence electrons. The summed E-state index contributed by atoms with van der Waals surface area (Å²) in [6.45, 7) is 19.3. The minimum Gasteiger partial charge on any atom is -0.298 e. The lowest BCUT2D eigenvalue weighted by Crippen LogP contribution is -2.56. The van der Waals surface area contributed by atoms with Crippen LogP contribution in [0.3, 0.4) is 0 Å². The summed E-state index contributed by atoms with van der Waals surface area (Å²) >= 11 is 0. The van der Waals surface area contributed by atoms with E-state index in [2.05, 4.69) is 51.3 Å². The first-order chi connectivity index (χ1) is 8.66. The van der Waals surface area contributed by atoms with Gasteiger partial charge >= 0.3 is 0 Å². The van der Waals surface area contributed by atoms with Crippen molar-refractivity contribution in [3.05, 3.63) is 0 Å². The van der Waals surface area contributed by atoms with E-state index < -0.39 is 0 Å². The van der Waals surface area contributed by atoms with Crippen LogP contribution in [0.25, 0.3) is 0 Å². The first-order valence-corrected chi connectivity index (χ1v) is 8.16. The maximum absolute atomic E-state index is 2.66. The zero-order valence-electron chi connectivity index (χ0n) is 14.0. The summed E-state index contributed by atoms with van der Waals surface area (Å²) in [6.07, 6.45) is 4.32. The summed E-state index contributed by atoms with van der Waals surface area (Å²) in [4.78, 5) is 5.29. The number of nitrogens with zero attached hydrogens (tertiary/aromatic N) is 2. The molecule has 2 fully saturated rings. The van der Waals surface area contributed by atoms with Crippen LogP contribution in [-0.4, -0.2) is 47.1 Å². The van der Waals surface area contributed by atoms with Crippen molar-refractivity contribution < 1.29 is 0 Å². The second-order valence-corrected chi connectivity index (χ2v) is 8.78. The van der Waals surface area contributed by atoms with Crippen LogP contribution >= 0.6 is 0 Å². The summed E-state index contributed by atoms with van der Waals surface area (Å²) in [5.41, 5.74) is 0.747. The Hall–Kier alpha value is -0.0800. The van der Waals surface area contributed by atoms with Crippen molar-refractivity contribution in [2.24, 2.45) is 11.8 Å². The quantitative estimate of drug-likeness (QED) is 0.753. The molecular formula is C17H34N2. The maximum Gasteiger partial charge on any atom is 0.0125 e. The van der Waals surface area contributed by atoms with Gasteiger partial charge in [-0.3, -0.25) is 9.80 Å². The highest BCUT2D eigenvalue weighted by Crippen LogP contribution is 2.33. The fraction of sp³-hybridized carbons (Fsp3) is 1.00. The third-order valence-corrected chi connectivity index (χ3v) is 5.14. The van der Waals surface area contributed by atoms with Gasteiger partial charge in [-0.25, -0.2) is 0 Å². The van der Waals surface area contributed by atoms with E-state index in [1.54, 1.807) is 0 Å². The van der Waals surface area contributed by atoms with E-state index >= 15 is 0 Å². The smallest absolute Gasteiger partial charge is 0.0125 e. The van der Waals surface area contributed by atoms with Gasteiger partial charge in [0.25, 0.3) is 0 Å². The first-order valence-electron chi connectivity index (χ1n) is 8.16. The highest BCUT2D eigenvalue weighted by atomic mass is 15.2. The third-order valence-electron chi connectivity index (χ3n) is 5.14. The molecule has 0 aliphatic carbocycles. The fourth-order valence-corrected chi connectivity index (χ4v) is 3.58. The maximum atomic E-state index is 2.66. The van der Waals surface area contributed by atoms with Crippen LogP contribution in [0.5, 0.6) is 0 Å². The molecule has 0 N–H and O–H groups in total. The average molecular weight is 266 g/mol. The molecule has 0 atom stereocenters. The molecule has 0 amide bonds. The molecule has 2 saturated heterocycles. The molecule has 2 heterocycles. The Morgan fingerprint density at radius 3 is 1.63 bits per heavy atom. The van der Waals surface area contributed by atoms with Crippen molar-refractivity contribution in [3.63, 3.8) is 0 Å². The molecule has 2 rings (SSSR count). The highest BCUT2D eigenvalue weighted by molar-refractivity contribution is 4.91. The molecule has 0 unspecified atom stereocenters. The van der Waals surface area contributed by atoms with E-state index in [0.29, 0.717) is 11.1 Å². The number of piperidine rings is 1. The summed E-state index contributed by atoms with van der Waals surface area (Å²) in [5.74, 6) is 1.97. The lowest BCUT2D eigenvalue weighted by molar-refractivity contribution is -0.00495. The van der Waals surface area contributed by atoms with Crippen LogP contribution < -0.4 is 0 Å². The second kappa shape index (κ2) is 5.37. The largest absolute Gasteiger partial charge is 0.298 e. The lowest BCUT2D eigenvalue weighted by atomic mass is 9.81. The molecule has 2 aliphatic rings. The predicted molar refractivity (Wildman–Crippen MR) is 83.5 cm³/mol. The van der Waals surface area contributed by atoms with Crippen LogP contribution in [0.2, 0.25) is 0 Å². The summed E-state index contributed by atoms with van der Waals surface area (Å²) in [7, 11) is 0.